The van der Waals surface area contributed by atoms with Crippen LogP contribution >= 0.6 is 0 Å². The van der Waals surface area contributed by atoms with Crippen LogP contribution in [0.5, 0.6) is 0 Å². The molecule has 0 aromatic carbocycles. The Kier molecular flexibility index (Phi) is 5.35. The molecule has 0 saturated heterocycles. The van der Waals surface area contributed by atoms with Gasteiger partial charge in [-0.05, 0) is 32.9 Å². The number of anilines is 1. The van der Waals surface area contributed by atoms with Gasteiger partial charge in [-0.2, -0.15) is 13.2 Å². The molecular weight excluding hydrogens is 271 g/mol. The molecule has 0 saturated carbocycles. The minimum absolute atomic E-state index is 0.143. The maximum atomic E-state index is 12.5. The molecule has 7 heteroatoms. The Morgan fingerprint density at radius 3 is 2.45 bits per heavy atom. The number of hydrogen-bond acceptors (Lipinski definition) is 3. The van der Waals surface area contributed by atoms with Crippen LogP contribution < -0.4 is 5.32 Å². The summed E-state index contributed by atoms with van der Waals surface area (Å²) in [5.41, 5.74) is 0.143. The quantitative estimate of drug-likeness (QED) is 0.906. The van der Waals surface area contributed by atoms with Crippen molar-refractivity contribution < 1.29 is 18.0 Å². The second kappa shape index (κ2) is 6.58. The van der Waals surface area contributed by atoms with E-state index in [1.165, 1.54) is 12.3 Å². The predicted molar refractivity (Wildman–Crippen MR) is 70.6 cm³/mol. The summed E-state index contributed by atoms with van der Waals surface area (Å²) in [6.07, 6.45) is -3.14. The number of nitrogens with zero attached hydrogens (tertiary/aromatic N) is 2. The number of hydrogen-bond donors (Lipinski definition) is 1. The molecule has 1 rings (SSSR count). The highest BCUT2D eigenvalue weighted by Crippen LogP contribution is 2.20. The van der Waals surface area contributed by atoms with E-state index < -0.39 is 24.7 Å². The third-order valence-corrected chi connectivity index (χ3v) is 2.60. The molecule has 0 aliphatic heterocycles. The molecule has 1 aromatic heterocycles. The number of carbonyl (C=O) groups excluding carboxylic acids is 1. The molecule has 0 atom stereocenters. The van der Waals surface area contributed by atoms with E-state index in [-0.39, 0.29) is 5.56 Å². The van der Waals surface area contributed by atoms with Crippen LogP contribution in [0.15, 0.2) is 18.3 Å². The Hall–Kier alpha value is -1.79. The van der Waals surface area contributed by atoms with Crippen LogP contribution in [0.25, 0.3) is 0 Å². The van der Waals surface area contributed by atoms with Gasteiger partial charge in [0, 0.05) is 18.8 Å². The summed E-state index contributed by atoms with van der Waals surface area (Å²) in [7, 11) is 0. The van der Waals surface area contributed by atoms with E-state index in [0.29, 0.717) is 12.4 Å². The highest BCUT2D eigenvalue weighted by molar-refractivity contribution is 5.94. The van der Waals surface area contributed by atoms with Crippen molar-refractivity contribution in [3.63, 3.8) is 0 Å². The van der Waals surface area contributed by atoms with Crippen molar-refractivity contribution in [1.29, 1.82) is 0 Å². The molecule has 0 aliphatic rings. The van der Waals surface area contributed by atoms with E-state index in [4.69, 9.17) is 0 Å². The first-order chi connectivity index (χ1) is 9.24. The maximum absolute atomic E-state index is 12.5. The number of carbonyl (C=O) groups is 1. The lowest BCUT2D eigenvalue weighted by Gasteiger charge is -2.27. The third kappa shape index (κ3) is 4.71. The first-order valence-corrected chi connectivity index (χ1v) is 6.32. The monoisotopic (exact) mass is 289 g/mol. The Morgan fingerprint density at radius 1 is 1.40 bits per heavy atom. The highest BCUT2D eigenvalue weighted by atomic mass is 19.4. The average Bonchev–Trinajstić information content (AvgIpc) is 2.35. The molecule has 0 spiro atoms. The fourth-order valence-electron chi connectivity index (χ4n) is 1.65. The number of aromatic nitrogens is 1. The van der Waals surface area contributed by atoms with Gasteiger partial charge >= 0.3 is 6.18 Å². The van der Waals surface area contributed by atoms with Crippen LogP contribution in [0.4, 0.5) is 19.0 Å². The van der Waals surface area contributed by atoms with E-state index >= 15 is 0 Å². The Balaban J connectivity index is 2.89. The topological polar surface area (TPSA) is 45.2 Å². The normalized spacial score (nSPS) is 11.6. The van der Waals surface area contributed by atoms with Gasteiger partial charge in [-0.1, -0.05) is 0 Å². The average molecular weight is 289 g/mol. The third-order valence-electron chi connectivity index (χ3n) is 2.60. The number of amides is 1. The minimum Gasteiger partial charge on any atom is -0.370 e. The van der Waals surface area contributed by atoms with Crippen molar-refractivity contribution in [3.8, 4) is 0 Å². The molecule has 4 nitrogen and oxygen atoms in total. The molecule has 0 aliphatic carbocycles. The molecule has 112 valence electrons. The number of alkyl halides is 3. The molecular formula is C13H18F3N3O. The zero-order chi connectivity index (χ0) is 15.3. The summed E-state index contributed by atoms with van der Waals surface area (Å²) in [5, 5.41) is 2.95. The van der Waals surface area contributed by atoms with E-state index in [0.717, 1.165) is 4.90 Å². The largest absolute Gasteiger partial charge is 0.406 e. The van der Waals surface area contributed by atoms with Crippen LogP contribution in [0.2, 0.25) is 0 Å². The van der Waals surface area contributed by atoms with Gasteiger partial charge in [0.1, 0.15) is 12.4 Å². The lowest BCUT2D eigenvalue weighted by atomic mass is 10.2. The van der Waals surface area contributed by atoms with Crippen molar-refractivity contribution >= 4 is 11.7 Å². The molecule has 0 fully saturated rings. The maximum Gasteiger partial charge on any atom is 0.406 e. The Morgan fingerprint density at radius 2 is 2.05 bits per heavy atom. The first kappa shape index (κ1) is 16.3. The SMILES string of the molecule is CCNc1ccc(C(=O)N(CC(F)(F)F)C(C)C)cn1. The van der Waals surface area contributed by atoms with Gasteiger partial charge in [0.15, 0.2) is 0 Å². The number of nitrogens with one attached hydrogen (secondary N) is 1. The van der Waals surface area contributed by atoms with Crippen LogP contribution in [0.3, 0.4) is 0 Å². The van der Waals surface area contributed by atoms with Gasteiger partial charge in [0.25, 0.3) is 5.91 Å². The lowest BCUT2D eigenvalue weighted by Crippen LogP contribution is -2.43. The van der Waals surface area contributed by atoms with Crippen molar-refractivity contribution in [2.75, 3.05) is 18.4 Å². The van der Waals surface area contributed by atoms with Crippen LogP contribution in [-0.2, 0) is 0 Å². The zero-order valence-corrected chi connectivity index (χ0v) is 11.7. The molecule has 1 heterocycles. The van der Waals surface area contributed by atoms with Crippen LogP contribution in [0.1, 0.15) is 31.1 Å². The molecule has 0 unspecified atom stereocenters. The van der Waals surface area contributed by atoms with Crippen LogP contribution in [-0.4, -0.2) is 41.1 Å². The van der Waals surface area contributed by atoms with Gasteiger partial charge < -0.3 is 10.2 Å². The van der Waals surface area contributed by atoms with Gasteiger partial charge in [-0.25, -0.2) is 4.98 Å². The van der Waals surface area contributed by atoms with Gasteiger partial charge in [-0.3, -0.25) is 4.79 Å². The summed E-state index contributed by atoms with van der Waals surface area (Å²) in [5.74, 6) is -0.0937. The van der Waals surface area contributed by atoms with Gasteiger partial charge in [-0.15, -0.1) is 0 Å². The van der Waals surface area contributed by atoms with Crippen LogP contribution in [0, 0.1) is 0 Å². The fourth-order valence-corrected chi connectivity index (χ4v) is 1.65. The Bertz CT molecular complexity index is 443. The summed E-state index contributed by atoms with van der Waals surface area (Å²) in [6, 6.07) is 2.50. The van der Waals surface area contributed by atoms with Crippen molar-refractivity contribution in [1.82, 2.24) is 9.88 Å². The Labute approximate surface area is 116 Å². The summed E-state index contributed by atoms with van der Waals surface area (Å²) in [6.45, 7) is 4.39. The van der Waals surface area contributed by atoms with Crippen molar-refractivity contribution in [2.24, 2.45) is 0 Å². The minimum atomic E-state index is -4.42. The summed E-state index contributed by atoms with van der Waals surface area (Å²) < 4.78 is 37.5. The highest BCUT2D eigenvalue weighted by Gasteiger charge is 2.34. The fraction of sp³-hybridized carbons (Fsp3) is 0.538. The molecule has 1 aromatic rings. The second-order valence-corrected chi connectivity index (χ2v) is 4.60. The standard InChI is InChI=1S/C13H18F3N3O/c1-4-17-11-6-5-10(7-18-11)12(20)19(9(2)3)8-13(14,15)16/h5-7,9H,4,8H2,1-3H3,(H,17,18). The molecule has 1 amide bonds. The van der Waals surface area contributed by atoms with Gasteiger partial charge in [0.05, 0.1) is 5.56 Å². The molecule has 0 radical (unpaired) electrons. The van der Waals surface area contributed by atoms with Crippen molar-refractivity contribution in [2.45, 2.75) is 33.0 Å². The first-order valence-electron chi connectivity index (χ1n) is 6.32. The zero-order valence-electron chi connectivity index (χ0n) is 11.7. The number of halogens is 3. The molecule has 1 N–H and O–H groups in total. The lowest BCUT2D eigenvalue weighted by molar-refractivity contribution is -0.143. The van der Waals surface area contributed by atoms with Crippen molar-refractivity contribution in [3.05, 3.63) is 23.9 Å². The van der Waals surface area contributed by atoms with E-state index in [1.54, 1.807) is 19.9 Å². The molecule has 20 heavy (non-hydrogen) atoms. The van der Waals surface area contributed by atoms with Gasteiger partial charge in [0.2, 0.25) is 0 Å². The summed E-state index contributed by atoms with van der Waals surface area (Å²) in [4.78, 5) is 16.9. The summed E-state index contributed by atoms with van der Waals surface area (Å²) >= 11 is 0. The van der Waals surface area contributed by atoms with E-state index in [9.17, 15) is 18.0 Å². The smallest absolute Gasteiger partial charge is 0.370 e. The van der Waals surface area contributed by atoms with E-state index in [2.05, 4.69) is 10.3 Å². The molecule has 0 bridgehead atoms. The number of rotatable bonds is 5. The second-order valence-electron chi connectivity index (χ2n) is 4.60. The number of pyridine rings is 1. The predicted octanol–water partition coefficient (Wildman–Crippen LogP) is 2.93. The van der Waals surface area contributed by atoms with E-state index in [1.807, 2.05) is 6.92 Å².